The van der Waals surface area contributed by atoms with E-state index in [1.165, 1.54) is 7.11 Å². The summed E-state index contributed by atoms with van der Waals surface area (Å²) >= 11 is 0. The Morgan fingerprint density at radius 3 is 2.68 bits per heavy atom. The van der Waals surface area contributed by atoms with E-state index in [9.17, 15) is 9.59 Å². The van der Waals surface area contributed by atoms with Crippen LogP contribution in [0.1, 0.15) is 63.1 Å². The molecule has 11 heteroatoms. The van der Waals surface area contributed by atoms with Crippen LogP contribution in [0.5, 0.6) is 0 Å². The lowest BCUT2D eigenvalue weighted by Crippen LogP contribution is -2.50. The molecule has 2 aliphatic carbocycles. The molecule has 2 amide bonds. The van der Waals surface area contributed by atoms with E-state index in [1.54, 1.807) is 0 Å². The summed E-state index contributed by atoms with van der Waals surface area (Å²) in [5.41, 5.74) is 0. The number of nitrogens with one attached hydrogen (secondary N) is 2. The third-order valence-corrected chi connectivity index (χ3v) is 5.16. The highest BCUT2D eigenvalue weighted by atomic mass is 16.5. The second-order valence-corrected chi connectivity index (χ2v) is 7.67. The predicted octanol–water partition coefficient (Wildman–Crippen LogP) is 0.991. The van der Waals surface area contributed by atoms with Crippen LogP contribution in [0.15, 0.2) is 4.52 Å². The third-order valence-electron chi connectivity index (χ3n) is 5.16. The van der Waals surface area contributed by atoms with E-state index in [1.807, 2.05) is 6.92 Å². The second kappa shape index (κ2) is 13.0. The molecule has 31 heavy (non-hydrogen) atoms. The van der Waals surface area contributed by atoms with Gasteiger partial charge in [-0.05, 0) is 38.5 Å². The Kier molecular flexibility index (Phi) is 10.4. The fraction of sp³-hybridized carbons (Fsp3) is 0.750. The average Bonchev–Trinajstić information content (AvgIpc) is 3.50. The molecule has 0 radical (unpaired) electrons. The van der Waals surface area contributed by atoms with Crippen molar-refractivity contribution in [1.82, 2.24) is 20.8 Å². The number of rotatable bonds is 10. The van der Waals surface area contributed by atoms with Crippen LogP contribution >= 0.6 is 0 Å². The molecule has 1 aromatic heterocycles. The average molecular weight is 440 g/mol. The van der Waals surface area contributed by atoms with Crippen molar-refractivity contribution in [3.05, 3.63) is 11.7 Å². The highest BCUT2D eigenvalue weighted by Crippen LogP contribution is 2.38. The van der Waals surface area contributed by atoms with Crippen molar-refractivity contribution in [2.24, 2.45) is 5.92 Å². The number of amides is 2. The van der Waals surface area contributed by atoms with Crippen LogP contribution in [0, 0.1) is 5.92 Å². The highest BCUT2D eigenvalue weighted by Gasteiger charge is 2.35. The highest BCUT2D eigenvalue weighted by molar-refractivity contribution is 5.79. The van der Waals surface area contributed by atoms with Gasteiger partial charge >= 0.3 is 0 Å². The summed E-state index contributed by atoms with van der Waals surface area (Å²) in [6.45, 7) is 2.64. The summed E-state index contributed by atoms with van der Waals surface area (Å²) in [6, 6.07) is -0.102. The van der Waals surface area contributed by atoms with Crippen LogP contribution < -0.4 is 10.6 Å². The first kappa shape index (κ1) is 24.7. The summed E-state index contributed by atoms with van der Waals surface area (Å²) in [5, 5.41) is 16.7. The Morgan fingerprint density at radius 1 is 1.29 bits per heavy atom. The Hall–Kier alpha value is -2.53. The van der Waals surface area contributed by atoms with E-state index in [4.69, 9.17) is 23.9 Å². The fourth-order valence-electron chi connectivity index (χ4n) is 3.52. The maximum Gasteiger partial charge on any atom is 0.290 e. The SMILES string of the molecule is CCCO[C@@H]1C[C@@H](C(=O)NCc2nc(C3CC3)no2)CC[C@H]1NC(=O)COC.O=CO. The van der Waals surface area contributed by atoms with E-state index >= 15 is 0 Å². The summed E-state index contributed by atoms with van der Waals surface area (Å²) in [7, 11) is 1.49. The van der Waals surface area contributed by atoms with Gasteiger partial charge in [0.1, 0.15) is 6.61 Å². The molecule has 2 fully saturated rings. The molecule has 2 saturated carbocycles. The number of ether oxygens (including phenoxy) is 2. The van der Waals surface area contributed by atoms with Crippen molar-refractivity contribution in [2.75, 3.05) is 20.3 Å². The molecule has 0 bridgehead atoms. The maximum atomic E-state index is 12.6. The van der Waals surface area contributed by atoms with E-state index in [0.29, 0.717) is 37.7 Å². The Balaban J connectivity index is 0.00000107. The van der Waals surface area contributed by atoms with Crippen LogP contribution in [-0.4, -0.2) is 66.0 Å². The van der Waals surface area contributed by atoms with Gasteiger partial charge < -0.3 is 29.7 Å². The van der Waals surface area contributed by atoms with E-state index in [-0.39, 0.29) is 49.5 Å². The lowest BCUT2D eigenvalue weighted by molar-refractivity contribution is -0.131. The minimum absolute atomic E-state index is 0.0218. The number of carboxylic acid groups (broad SMARTS) is 1. The summed E-state index contributed by atoms with van der Waals surface area (Å²) in [4.78, 5) is 37.2. The third kappa shape index (κ3) is 8.25. The standard InChI is InChI=1S/C19H30N4O5.CH2O2/c1-3-8-27-15-9-13(6-7-14(15)21-16(24)11-26-2)19(25)20-10-17-22-18(23-28-17)12-4-5-12;2-1-3/h12-15H,3-11H2,1-2H3,(H,20,25)(H,21,24);1H,(H,2,3)/t13-,14+,15+;/m0./s1. The molecule has 0 unspecified atom stereocenters. The number of hydrogen-bond donors (Lipinski definition) is 3. The largest absolute Gasteiger partial charge is 0.483 e. The van der Waals surface area contributed by atoms with Crippen LogP contribution in [0.2, 0.25) is 0 Å². The smallest absolute Gasteiger partial charge is 0.290 e. The molecule has 0 spiro atoms. The van der Waals surface area contributed by atoms with Crippen molar-refractivity contribution in [3.63, 3.8) is 0 Å². The number of carbonyl (C=O) groups excluding carboxylic acids is 2. The van der Waals surface area contributed by atoms with Gasteiger partial charge in [0.05, 0.1) is 18.7 Å². The topological polar surface area (TPSA) is 153 Å². The maximum absolute atomic E-state index is 12.6. The van der Waals surface area contributed by atoms with E-state index in [2.05, 4.69) is 20.8 Å². The van der Waals surface area contributed by atoms with Crippen molar-refractivity contribution < 1.29 is 33.5 Å². The van der Waals surface area contributed by atoms with Crippen molar-refractivity contribution in [1.29, 1.82) is 0 Å². The zero-order valence-corrected chi connectivity index (χ0v) is 18.0. The molecule has 0 saturated heterocycles. The van der Waals surface area contributed by atoms with Gasteiger partial charge in [-0.15, -0.1) is 0 Å². The van der Waals surface area contributed by atoms with E-state index in [0.717, 1.165) is 25.1 Å². The molecular weight excluding hydrogens is 408 g/mol. The molecule has 3 N–H and O–H groups in total. The number of nitrogens with zero attached hydrogens (tertiary/aromatic N) is 2. The number of methoxy groups -OCH3 is 1. The molecular formula is C20H32N4O7. The normalized spacial score (nSPS) is 22.7. The van der Waals surface area contributed by atoms with Crippen LogP contribution in [0.3, 0.4) is 0 Å². The lowest BCUT2D eigenvalue weighted by Gasteiger charge is -2.35. The Bertz CT molecular complexity index is 707. The van der Waals surface area contributed by atoms with Crippen molar-refractivity contribution >= 4 is 18.3 Å². The zero-order valence-electron chi connectivity index (χ0n) is 18.0. The molecule has 174 valence electrons. The second-order valence-electron chi connectivity index (χ2n) is 7.67. The lowest BCUT2D eigenvalue weighted by atomic mass is 9.83. The molecule has 2 aliphatic rings. The minimum Gasteiger partial charge on any atom is -0.483 e. The van der Waals surface area contributed by atoms with Crippen LogP contribution in [0.4, 0.5) is 0 Å². The first-order valence-corrected chi connectivity index (χ1v) is 10.6. The monoisotopic (exact) mass is 440 g/mol. The van der Waals surface area contributed by atoms with Gasteiger partial charge in [0.2, 0.25) is 17.7 Å². The molecule has 3 rings (SSSR count). The molecule has 3 atom stereocenters. The van der Waals surface area contributed by atoms with Gasteiger partial charge in [0.15, 0.2) is 5.82 Å². The first-order chi connectivity index (χ1) is 15.0. The fourth-order valence-corrected chi connectivity index (χ4v) is 3.52. The van der Waals surface area contributed by atoms with Gasteiger partial charge in [0.25, 0.3) is 6.47 Å². The molecule has 0 aromatic carbocycles. The first-order valence-electron chi connectivity index (χ1n) is 10.6. The molecule has 1 heterocycles. The quantitative estimate of drug-likeness (QED) is 0.452. The summed E-state index contributed by atoms with van der Waals surface area (Å²) in [5.74, 6) is 1.23. The minimum atomic E-state index is -0.250. The van der Waals surface area contributed by atoms with Gasteiger partial charge in [-0.25, -0.2) is 0 Å². The van der Waals surface area contributed by atoms with E-state index < -0.39 is 0 Å². The zero-order chi connectivity index (χ0) is 22.6. The molecule has 11 nitrogen and oxygen atoms in total. The number of carbonyl (C=O) groups is 3. The number of aromatic nitrogens is 2. The number of hydrogen-bond acceptors (Lipinski definition) is 8. The van der Waals surface area contributed by atoms with Crippen molar-refractivity contribution in [2.45, 2.75) is 70.1 Å². The molecule has 1 aromatic rings. The van der Waals surface area contributed by atoms with Gasteiger partial charge in [-0.1, -0.05) is 12.1 Å². The summed E-state index contributed by atoms with van der Waals surface area (Å²) < 4.78 is 16.0. The summed E-state index contributed by atoms with van der Waals surface area (Å²) in [6.07, 6.45) is 4.85. The molecule has 0 aliphatic heterocycles. The Labute approximate surface area is 181 Å². The predicted molar refractivity (Wildman–Crippen MR) is 108 cm³/mol. The van der Waals surface area contributed by atoms with Gasteiger partial charge in [-0.3, -0.25) is 14.4 Å². The van der Waals surface area contributed by atoms with Gasteiger partial charge in [-0.2, -0.15) is 4.98 Å². The van der Waals surface area contributed by atoms with Crippen molar-refractivity contribution in [3.8, 4) is 0 Å². The Morgan fingerprint density at radius 2 is 2.03 bits per heavy atom. The van der Waals surface area contributed by atoms with Crippen LogP contribution in [0.25, 0.3) is 0 Å². The van der Waals surface area contributed by atoms with Gasteiger partial charge in [0, 0.05) is 25.6 Å². The van der Waals surface area contributed by atoms with Crippen LogP contribution in [-0.2, 0) is 30.4 Å².